The predicted molar refractivity (Wildman–Crippen MR) is 247 cm³/mol. The normalized spacial score (nSPS) is 18.6. The molecule has 2 saturated heterocycles. The summed E-state index contributed by atoms with van der Waals surface area (Å²) < 4.78 is 36.1. The molecule has 8 rings (SSSR count). The maximum atomic E-state index is 14.0. The van der Waals surface area contributed by atoms with Gasteiger partial charge in [0.15, 0.2) is 0 Å². The molecular weight excluding hydrogens is 824 g/mol. The summed E-state index contributed by atoms with van der Waals surface area (Å²) in [4.78, 5) is 32.2. The van der Waals surface area contributed by atoms with E-state index < -0.39 is 25.7 Å². The Morgan fingerprint density at radius 2 is 1.60 bits per heavy atom. The number of nitrogens with one attached hydrogen (secondary N) is 2. The van der Waals surface area contributed by atoms with Crippen molar-refractivity contribution >= 4 is 56.2 Å². The molecule has 0 spiro atoms. The zero-order chi connectivity index (χ0) is 43.1. The Balaban J connectivity index is 0.990. The molecule has 4 aromatic carbocycles. The molecule has 62 heavy (non-hydrogen) atoms. The first-order valence-corrected chi connectivity index (χ1v) is 23.8. The lowest BCUT2D eigenvalue weighted by Gasteiger charge is -2.37. The van der Waals surface area contributed by atoms with E-state index >= 15 is 0 Å². The third kappa shape index (κ3) is 10.5. The van der Waals surface area contributed by atoms with E-state index in [0.29, 0.717) is 12.3 Å². The van der Waals surface area contributed by atoms with E-state index in [1.54, 1.807) is 12.1 Å². The SMILES string of the molecule is O=C(NS(=O)(=O)c1ccc(NCCCN2CCCC2)c([N+](=O)[O-])c1)c1ccc(N2CCN(C/C3=C(\c4ccc(Cl)cc4)CCCCCC3)CC2)cc1Oc1cccc2c1C=CC2. The number of likely N-dealkylation sites (tertiary alicyclic amines) is 1. The molecule has 2 fully saturated rings. The van der Waals surface area contributed by atoms with E-state index in [-0.39, 0.29) is 22.7 Å². The number of carbonyl (C=O) groups is 1. The highest BCUT2D eigenvalue weighted by Crippen LogP contribution is 2.37. The maximum absolute atomic E-state index is 14.0. The molecule has 4 aromatic rings. The molecule has 0 atom stereocenters. The lowest BCUT2D eigenvalue weighted by atomic mass is 9.88. The molecule has 326 valence electrons. The van der Waals surface area contributed by atoms with Gasteiger partial charge in [-0.1, -0.05) is 66.4 Å². The first kappa shape index (κ1) is 43.4. The number of amides is 1. The van der Waals surface area contributed by atoms with Crippen LogP contribution in [0.4, 0.5) is 17.1 Å². The van der Waals surface area contributed by atoms with Gasteiger partial charge in [-0.15, -0.1) is 0 Å². The number of benzene rings is 4. The number of ether oxygens (including phenoxy) is 1. The monoisotopic (exact) mass is 878 g/mol. The molecule has 4 aliphatic rings. The summed E-state index contributed by atoms with van der Waals surface area (Å²) in [6, 6.07) is 22.9. The lowest BCUT2D eigenvalue weighted by molar-refractivity contribution is -0.384. The number of sulfonamides is 1. The number of piperazine rings is 1. The minimum absolute atomic E-state index is 0.0206. The van der Waals surface area contributed by atoms with E-state index in [1.807, 2.05) is 48.6 Å². The molecule has 1 amide bonds. The molecule has 0 unspecified atom stereocenters. The summed E-state index contributed by atoms with van der Waals surface area (Å²) in [5, 5.41) is 15.9. The highest BCUT2D eigenvalue weighted by molar-refractivity contribution is 7.90. The average Bonchev–Trinajstić information content (AvgIpc) is 3.98. The van der Waals surface area contributed by atoms with Crippen molar-refractivity contribution in [2.24, 2.45) is 0 Å². The number of rotatable bonds is 15. The fraction of sp³-hybridized carbons (Fsp3) is 0.396. The van der Waals surface area contributed by atoms with Gasteiger partial charge < -0.3 is 19.9 Å². The van der Waals surface area contributed by atoms with Crippen LogP contribution >= 0.6 is 11.6 Å². The molecule has 0 bridgehead atoms. The number of halogens is 1. The van der Waals surface area contributed by atoms with Crippen LogP contribution in [0.2, 0.25) is 5.02 Å². The second-order valence-electron chi connectivity index (χ2n) is 16.7. The lowest BCUT2D eigenvalue weighted by Crippen LogP contribution is -2.47. The third-order valence-electron chi connectivity index (χ3n) is 12.5. The first-order valence-electron chi connectivity index (χ1n) is 22.0. The Kier molecular flexibility index (Phi) is 13.9. The van der Waals surface area contributed by atoms with Crippen LogP contribution in [0.3, 0.4) is 0 Å². The van der Waals surface area contributed by atoms with E-state index in [1.165, 1.54) is 67.4 Å². The molecule has 2 aliphatic heterocycles. The number of hydrogen-bond acceptors (Lipinski definition) is 10. The van der Waals surface area contributed by atoms with Crippen LogP contribution in [-0.4, -0.2) is 88.0 Å². The number of carbonyl (C=O) groups excluding carboxylic acids is 1. The van der Waals surface area contributed by atoms with Crippen LogP contribution in [0.1, 0.15) is 84.8 Å². The Labute approximate surface area is 369 Å². The molecule has 12 nitrogen and oxygen atoms in total. The van der Waals surface area contributed by atoms with Gasteiger partial charge in [-0.05, 0) is 130 Å². The second kappa shape index (κ2) is 19.9. The molecule has 0 saturated carbocycles. The predicted octanol–water partition coefficient (Wildman–Crippen LogP) is 9.56. The van der Waals surface area contributed by atoms with Crippen molar-refractivity contribution in [2.45, 2.75) is 69.1 Å². The zero-order valence-electron chi connectivity index (χ0n) is 35.1. The van der Waals surface area contributed by atoms with Crippen molar-refractivity contribution in [3.63, 3.8) is 0 Å². The van der Waals surface area contributed by atoms with Gasteiger partial charge in [0.25, 0.3) is 21.6 Å². The van der Waals surface area contributed by atoms with Crippen molar-refractivity contribution < 1.29 is 22.9 Å². The quantitative estimate of drug-likeness (QED) is 0.0675. The van der Waals surface area contributed by atoms with E-state index in [9.17, 15) is 23.3 Å². The van der Waals surface area contributed by atoms with Crippen molar-refractivity contribution in [1.29, 1.82) is 0 Å². The topological polar surface area (TPSA) is 137 Å². The van der Waals surface area contributed by atoms with Crippen LogP contribution in [0, 0.1) is 10.1 Å². The van der Waals surface area contributed by atoms with E-state index in [4.69, 9.17) is 16.3 Å². The largest absolute Gasteiger partial charge is 0.456 e. The Hall–Kier alpha value is -5.21. The minimum Gasteiger partial charge on any atom is -0.456 e. The van der Waals surface area contributed by atoms with Gasteiger partial charge in [0.2, 0.25) is 0 Å². The highest BCUT2D eigenvalue weighted by Gasteiger charge is 2.28. The van der Waals surface area contributed by atoms with Crippen molar-refractivity contribution in [1.82, 2.24) is 14.5 Å². The summed E-state index contributed by atoms with van der Waals surface area (Å²) in [7, 11) is -4.52. The third-order valence-corrected chi connectivity index (χ3v) is 14.1. The molecule has 2 aliphatic carbocycles. The van der Waals surface area contributed by atoms with Crippen molar-refractivity contribution in [3.05, 3.63) is 128 Å². The van der Waals surface area contributed by atoms with E-state index in [2.05, 4.69) is 36.9 Å². The smallest absolute Gasteiger partial charge is 0.293 e. The highest BCUT2D eigenvalue weighted by atomic mass is 35.5. The molecule has 2 heterocycles. The second-order valence-corrected chi connectivity index (χ2v) is 18.8. The van der Waals surface area contributed by atoms with Gasteiger partial charge in [-0.2, -0.15) is 0 Å². The minimum atomic E-state index is -4.52. The van der Waals surface area contributed by atoms with Gasteiger partial charge in [-0.3, -0.25) is 19.8 Å². The number of nitrogens with zero attached hydrogens (tertiary/aromatic N) is 4. The summed E-state index contributed by atoms with van der Waals surface area (Å²) in [6.45, 7) is 7.65. The molecular formula is C48H55ClN6O6S. The fourth-order valence-corrected chi connectivity index (χ4v) is 10.2. The summed E-state index contributed by atoms with van der Waals surface area (Å²) in [6.07, 6.45) is 15.0. The molecule has 14 heteroatoms. The number of allylic oxidation sites excluding steroid dienone is 2. The molecule has 0 aromatic heterocycles. The molecule has 2 N–H and O–H groups in total. The van der Waals surface area contributed by atoms with Crippen LogP contribution in [0.15, 0.2) is 95.4 Å². The fourth-order valence-electron chi connectivity index (χ4n) is 9.12. The van der Waals surface area contributed by atoms with Gasteiger partial charge in [0.05, 0.1) is 15.4 Å². The number of nitro benzene ring substituents is 1. The van der Waals surface area contributed by atoms with Crippen molar-refractivity contribution in [3.8, 4) is 11.5 Å². The van der Waals surface area contributed by atoms with Gasteiger partial charge in [0.1, 0.15) is 17.2 Å². The van der Waals surface area contributed by atoms with Crippen LogP contribution < -0.4 is 19.7 Å². The van der Waals surface area contributed by atoms with Crippen molar-refractivity contribution in [2.75, 3.05) is 69.1 Å². The standard InChI is InChI=1S/C48H55ClN6O6S/c49-38-18-16-36(17-19-38)41-13-4-2-1-3-10-37(41)34-53-28-30-54(31-29-53)39-20-22-43(47(32-39)61-46-15-8-12-35-11-7-14-42(35)46)48(56)51-62(59,60)40-21-23-44(45(33-40)55(57)58)50-24-9-27-52-25-5-6-26-52/h7-8,12,14-23,32-33,50H,1-6,9-11,13,24-31,34H2,(H,51,56)/b41-37-. The Morgan fingerprint density at radius 3 is 2.37 bits per heavy atom. The number of nitro groups is 1. The average molecular weight is 880 g/mol. The van der Waals surface area contributed by atoms with E-state index in [0.717, 1.165) is 106 Å². The Bertz CT molecular complexity index is 2440. The van der Waals surface area contributed by atoms with Gasteiger partial charge in [-0.25, -0.2) is 13.1 Å². The summed E-state index contributed by atoms with van der Waals surface area (Å²) >= 11 is 6.25. The summed E-state index contributed by atoms with van der Waals surface area (Å²) in [5.41, 5.74) is 6.94. The number of hydrogen-bond donors (Lipinski definition) is 2. The number of anilines is 2. The summed E-state index contributed by atoms with van der Waals surface area (Å²) in [5.74, 6) is -0.147. The van der Waals surface area contributed by atoms with Gasteiger partial charge >= 0.3 is 0 Å². The zero-order valence-corrected chi connectivity index (χ0v) is 36.7. The van der Waals surface area contributed by atoms with Crippen LogP contribution in [-0.2, 0) is 16.4 Å². The first-order chi connectivity index (χ1) is 30.1. The van der Waals surface area contributed by atoms with Gasteiger partial charge in [0, 0.05) is 67.7 Å². The molecule has 0 radical (unpaired) electrons. The Morgan fingerprint density at radius 1 is 0.823 bits per heavy atom. The van der Waals surface area contributed by atoms with Crippen LogP contribution in [0.5, 0.6) is 11.5 Å². The van der Waals surface area contributed by atoms with Crippen LogP contribution in [0.25, 0.3) is 11.6 Å². The number of fused-ring (bicyclic) bond motifs is 1. The maximum Gasteiger partial charge on any atom is 0.293 e.